The summed E-state index contributed by atoms with van der Waals surface area (Å²) in [6.07, 6.45) is -9.27. The summed E-state index contributed by atoms with van der Waals surface area (Å²) in [7, 11) is 4.26. The van der Waals surface area contributed by atoms with Crippen LogP contribution in [0.4, 0.5) is 0 Å². The SMILES string of the molecule is CN(C)CCC=C1c2ccccc2CCc2ccccc21.O=C(OC[C@H]1O[C@@H](OC(=O)c2cc(O)c(O)c(OC(=O)c3cc(O)c(O)c(O)c3)c2)[C@H](OC(=O)c2cc(O)c(O)c(OC(=O)c3cc(O)c(O)c(O)c3)c2)[C@@H](OC(=O)c2cc(O)c(O)c(OC(=O)c3cc(O)c(O)c(O)c3)c2)[C@@H]1OC(=O)c1cc(O)c(O)c(OC(=O)c2cc(O)c(O)c(O)c2)c1)c1cc(O)c(O)c(OC(=O)c2cc(O)c(O)c(O)c2)c1. The average molecular weight is 1980 g/mol. The van der Waals surface area contributed by atoms with Crippen molar-refractivity contribution in [3.63, 3.8) is 0 Å². The average Bonchev–Trinajstić information content (AvgIpc) is 1.19. The van der Waals surface area contributed by atoms with Crippen molar-refractivity contribution < 1.29 is 228 Å². The summed E-state index contributed by atoms with van der Waals surface area (Å²) >= 11 is 0. The number of nitrogens with zero attached hydrogens (tertiary/aromatic N) is 1. The lowest BCUT2D eigenvalue weighted by atomic mass is 9.93. The van der Waals surface area contributed by atoms with Gasteiger partial charge in [-0.3, -0.25) is 0 Å². The van der Waals surface area contributed by atoms with E-state index in [1.807, 2.05) is 0 Å². The van der Waals surface area contributed by atoms with Crippen molar-refractivity contribution in [2.45, 2.75) is 50.0 Å². The molecule has 2 aliphatic rings. The maximum absolute atomic E-state index is 15.3. The van der Waals surface area contributed by atoms with E-state index in [0.29, 0.717) is 121 Å². The van der Waals surface area contributed by atoms with Crippen LogP contribution in [0.2, 0.25) is 0 Å². The number of ether oxygens (including phenoxy) is 11. The normalized spacial score (nSPS) is 14.5. The smallest absolute Gasteiger partial charge is 0.343 e. The number of esters is 10. The van der Waals surface area contributed by atoms with Gasteiger partial charge in [0.15, 0.2) is 156 Å². The number of carbonyl (C=O) groups excluding carboxylic acids is 10. The molecule has 0 bridgehead atoms. The molecule has 0 unspecified atom stereocenters. The summed E-state index contributed by atoms with van der Waals surface area (Å²) in [4.78, 5) is 145. The van der Waals surface area contributed by atoms with E-state index in [-0.39, 0.29) is 0 Å². The van der Waals surface area contributed by atoms with Crippen LogP contribution in [0, 0.1) is 0 Å². The second kappa shape index (κ2) is 41.3. The van der Waals surface area contributed by atoms with Gasteiger partial charge in [0.1, 0.15) is 12.7 Å². The highest BCUT2D eigenvalue weighted by Crippen LogP contribution is 2.49. The van der Waals surface area contributed by atoms with Crippen molar-refractivity contribution >= 4 is 65.3 Å². The van der Waals surface area contributed by atoms with Gasteiger partial charge in [0.05, 0.1) is 55.6 Å². The molecule has 14 rings (SSSR count). The Balaban J connectivity index is 0.000000717. The fourth-order valence-corrected chi connectivity index (χ4v) is 14.0. The molecule has 47 nitrogen and oxygen atoms in total. The lowest BCUT2D eigenvalue weighted by molar-refractivity contribution is -0.282. The third-order valence-corrected chi connectivity index (χ3v) is 21.1. The lowest BCUT2D eigenvalue weighted by Gasteiger charge is -2.43. The Kier molecular flexibility index (Phi) is 29.0. The van der Waals surface area contributed by atoms with Crippen LogP contribution in [-0.4, -0.2) is 250 Å². The Morgan fingerprint density at radius 3 is 0.769 bits per heavy atom. The minimum Gasteiger partial charge on any atom is -0.504 e. The third-order valence-electron chi connectivity index (χ3n) is 21.1. The molecule has 0 radical (unpaired) electrons. The quantitative estimate of drug-likeness (QED) is 0.0116. The highest BCUT2D eigenvalue weighted by molar-refractivity contribution is 6.01. The van der Waals surface area contributed by atoms with Gasteiger partial charge in [0.25, 0.3) is 0 Å². The van der Waals surface area contributed by atoms with Crippen LogP contribution in [0.15, 0.2) is 176 Å². The van der Waals surface area contributed by atoms with Crippen LogP contribution in [-0.2, 0) is 41.3 Å². The van der Waals surface area contributed by atoms with Gasteiger partial charge < -0.3 is 185 Å². The predicted molar refractivity (Wildman–Crippen MR) is 473 cm³/mol. The van der Waals surface area contributed by atoms with Gasteiger partial charge in [-0.15, -0.1) is 0 Å². The second-order valence-electron chi connectivity index (χ2n) is 31.2. The highest BCUT2D eigenvalue weighted by Gasteiger charge is 2.55. The van der Waals surface area contributed by atoms with Crippen LogP contribution in [0.5, 0.6) is 172 Å². The number of benzene rings is 12. The Bertz CT molecular complexity index is 7080. The number of fused-ring (bicyclic) bond motifs is 2. The summed E-state index contributed by atoms with van der Waals surface area (Å²) in [5.41, 5.74) is -2.68. The Labute approximate surface area is 798 Å². The molecular formula is C96H75NO46. The zero-order chi connectivity index (χ0) is 104. The summed E-state index contributed by atoms with van der Waals surface area (Å²) < 4.78 is 60.4. The monoisotopic (exact) mass is 1980 g/mol. The molecule has 740 valence electrons. The maximum Gasteiger partial charge on any atom is 0.343 e. The van der Waals surface area contributed by atoms with Gasteiger partial charge in [0.2, 0.25) is 41.1 Å². The van der Waals surface area contributed by atoms with E-state index in [4.69, 9.17) is 52.1 Å². The maximum atomic E-state index is 15.3. The van der Waals surface area contributed by atoms with Crippen LogP contribution >= 0.6 is 0 Å². The molecule has 5 atom stereocenters. The van der Waals surface area contributed by atoms with E-state index in [2.05, 4.69) is 73.6 Å². The molecule has 143 heavy (non-hydrogen) atoms. The minimum absolute atomic E-state index is 0.295. The molecule has 1 aliphatic carbocycles. The second-order valence-corrected chi connectivity index (χ2v) is 31.2. The van der Waals surface area contributed by atoms with E-state index in [1.165, 1.54) is 27.8 Å². The molecule has 1 heterocycles. The van der Waals surface area contributed by atoms with Gasteiger partial charge in [-0.05, 0) is 183 Å². The Morgan fingerprint density at radius 2 is 0.503 bits per heavy atom. The first-order chi connectivity index (χ1) is 67.6. The van der Waals surface area contributed by atoms with Crippen molar-refractivity contribution in [1.29, 1.82) is 0 Å². The molecule has 0 saturated carbocycles. The molecule has 0 spiro atoms. The number of phenolic OH excluding ortho intramolecular Hbond substituents is 25. The summed E-state index contributed by atoms with van der Waals surface area (Å²) in [5.74, 6) is -56.0. The van der Waals surface area contributed by atoms with E-state index in [0.717, 1.165) is 25.8 Å². The van der Waals surface area contributed by atoms with Gasteiger partial charge in [-0.1, -0.05) is 54.6 Å². The zero-order valence-corrected chi connectivity index (χ0v) is 72.9. The number of hydrogen-bond acceptors (Lipinski definition) is 47. The molecule has 0 aromatic heterocycles. The first-order valence-electron chi connectivity index (χ1n) is 41.0. The van der Waals surface area contributed by atoms with E-state index in [9.17, 15) is 161 Å². The van der Waals surface area contributed by atoms with Crippen molar-refractivity contribution in [3.8, 4) is 172 Å². The van der Waals surface area contributed by atoms with Crippen molar-refractivity contribution in [2.24, 2.45) is 0 Å². The minimum atomic E-state index is -3.12. The van der Waals surface area contributed by atoms with E-state index < -0.39 is 325 Å². The summed E-state index contributed by atoms with van der Waals surface area (Å²) in [6.45, 7) is -0.617. The van der Waals surface area contributed by atoms with Crippen LogP contribution in [0.25, 0.3) is 5.57 Å². The Hall–Kier alpha value is -20.0. The molecule has 0 amide bonds. The van der Waals surface area contributed by atoms with Gasteiger partial charge in [-0.25, -0.2) is 47.9 Å². The van der Waals surface area contributed by atoms with Gasteiger partial charge >= 0.3 is 59.7 Å². The van der Waals surface area contributed by atoms with E-state index in [1.54, 1.807) is 0 Å². The molecule has 1 saturated heterocycles. The number of aromatic hydroxyl groups is 25. The molecule has 12 aromatic carbocycles. The first-order valence-corrected chi connectivity index (χ1v) is 41.0. The fraction of sp³-hybridized carbons (Fsp3) is 0.125. The molecule has 47 heteroatoms. The molecular weight excluding hydrogens is 1900 g/mol. The predicted octanol–water partition coefficient (Wildman–Crippen LogP) is 9.01. The number of rotatable bonds is 24. The number of aryl methyl sites for hydroxylation is 2. The molecule has 1 aliphatic heterocycles. The topological polar surface area (TPSA) is 781 Å². The third kappa shape index (κ3) is 22.1. The fourth-order valence-electron chi connectivity index (χ4n) is 14.0. The van der Waals surface area contributed by atoms with Crippen molar-refractivity contribution in [3.05, 3.63) is 254 Å². The van der Waals surface area contributed by atoms with Crippen LogP contribution < -0.4 is 23.7 Å². The zero-order valence-electron chi connectivity index (χ0n) is 72.9. The molecule has 1 fully saturated rings. The lowest BCUT2D eigenvalue weighted by Crippen LogP contribution is -2.63. The first kappa shape index (κ1) is 100. The van der Waals surface area contributed by atoms with Crippen molar-refractivity contribution in [1.82, 2.24) is 4.90 Å². The summed E-state index contributed by atoms with van der Waals surface area (Å²) in [6, 6.07) is 26.3. The van der Waals surface area contributed by atoms with Crippen LogP contribution in [0.3, 0.4) is 0 Å². The summed E-state index contributed by atoms with van der Waals surface area (Å²) in [5, 5.41) is 261. The standard InChI is InChI=1S/C76H52O46.C20H23N/c77-32-1-22(2-33(78)53(32)92)67(103)113-47-16-27(11-42(87)58(47)97)66(102)112-21-52-63(119-72(108)28-12-43(88)59(98)48(17-28)114-68(104)23-3-34(79)54(93)35(80)4-23)64(120-73(109)29-13-44(89)60(99)49(18-29)115-69(105)24-5-36(81)55(94)37(82)6-24)65(121-74(110)30-14-45(90)61(100)50(19-30)116-70(106)25-7-38(83)56(95)39(84)8-25)76(118-52)122-75(111)31-15-46(91)62(101)51(20-31)117-71(107)26-9-40(85)57(96)41(86)10-26;1-21(2)15-7-12-20-18-10-5-3-8-16(18)13-14-17-9-4-6-11-19(17)20/h1-20,52,63-65,76-101H,21H2;3-6,8-12H,7,13-15H2,1-2H3/t52-,63-,64+,65-,76+;/m1./s1. The molecule has 25 N–H and O–H groups in total. The van der Waals surface area contributed by atoms with Crippen molar-refractivity contribution in [2.75, 3.05) is 27.2 Å². The van der Waals surface area contributed by atoms with E-state index >= 15 is 14.4 Å². The molecule has 12 aromatic rings. The number of carbonyl (C=O) groups is 10. The van der Waals surface area contributed by atoms with Gasteiger partial charge in [0, 0.05) is 6.54 Å². The number of hydrogen-bond donors (Lipinski definition) is 25. The number of phenols is 25. The van der Waals surface area contributed by atoms with Crippen LogP contribution in [0.1, 0.15) is 132 Å². The highest BCUT2D eigenvalue weighted by atomic mass is 16.8. The Morgan fingerprint density at radius 1 is 0.280 bits per heavy atom. The van der Waals surface area contributed by atoms with Gasteiger partial charge in [-0.2, -0.15) is 0 Å². The largest absolute Gasteiger partial charge is 0.504 e.